The summed E-state index contributed by atoms with van der Waals surface area (Å²) in [4.78, 5) is 12.8. The number of aromatic nitrogens is 1. The number of rotatable bonds is 5. The first kappa shape index (κ1) is 19.4. The van der Waals surface area contributed by atoms with Crippen LogP contribution < -0.4 is 10.6 Å². The number of guanidine groups is 1. The number of nitrogens with one attached hydrogen (secondary N) is 2. The molecule has 2 aromatic rings. The molecule has 0 amide bonds. The van der Waals surface area contributed by atoms with E-state index in [0.29, 0.717) is 0 Å². The fraction of sp³-hybridized carbons (Fsp3) is 0.467. The van der Waals surface area contributed by atoms with Gasteiger partial charge in [-0.25, -0.2) is 4.98 Å². The number of hydrogen-bond donors (Lipinski definition) is 2. The zero-order valence-electron chi connectivity index (χ0n) is 13.4. The van der Waals surface area contributed by atoms with Gasteiger partial charge in [0.2, 0.25) is 0 Å². The van der Waals surface area contributed by atoms with Crippen LogP contribution in [0.25, 0.3) is 0 Å². The minimum absolute atomic E-state index is 0. The van der Waals surface area contributed by atoms with Gasteiger partial charge in [-0.3, -0.25) is 4.99 Å². The summed E-state index contributed by atoms with van der Waals surface area (Å²) in [7, 11) is 1.80. The Hall–Kier alpha value is -0.670. The molecule has 0 aliphatic rings. The third kappa shape index (κ3) is 5.85. The molecule has 2 N–H and O–H groups in total. The van der Waals surface area contributed by atoms with Crippen molar-refractivity contribution >= 4 is 52.6 Å². The molecule has 0 unspecified atom stereocenters. The normalized spacial score (nSPS) is 11.2. The molecule has 0 aliphatic carbocycles. The summed E-state index contributed by atoms with van der Waals surface area (Å²) in [5.74, 6) is 0.839. The predicted molar refractivity (Wildman–Crippen MR) is 108 cm³/mol. The molecule has 122 valence electrons. The van der Waals surface area contributed by atoms with Crippen LogP contribution in [-0.4, -0.2) is 24.5 Å². The molecule has 0 aliphatic heterocycles. The molecule has 2 aromatic heterocycles. The number of thiophene rings is 1. The fourth-order valence-corrected chi connectivity index (χ4v) is 3.67. The first-order valence-electron chi connectivity index (χ1n) is 7.01. The number of thiazole rings is 1. The van der Waals surface area contributed by atoms with Crippen molar-refractivity contribution in [3.63, 3.8) is 0 Å². The molecule has 0 saturated heterocycles. The fourth-order valence-electron chi connectivity index (χ4n) is 1.91. The molecule has 4 nitrogen and oxygen atoms in total. The zero-order chi connectivity index (χ0) is 15.2. The van der Waals surface area contributed by atoms with Crippen LogP contribution in [-0.2, 0) is 13.0 Å². The van der Waals surface area contributed by atoms with Gasteiger partial charge in [-0.05, 0) is 32.9 Å². The zero-order valence-corrected chi connectivity index (χ0v) is 17.4. The van der Waals surface area contributed by atoms with E-state index >= 15 is 0 Å². The average Bonchev–Trinajstić information content (AvgIpc) is 3.00. The summed E-state index contributed by atoms with van der Waals surface area (Å²) in [6, 6.07) is 4.30. The summed E-state index contributed by atoms with van der Waals surface area (Å²) < 4.78 is 0. The summed E-state index contributed by atoms with van der Waals surface area (Å²) in [5, 5.41) is 7.85. The van der Waals surface area contributed by atoms with Crippen LogP contribution >= 0.6 is 46.7 Å². The summed E-state index contributed by atoms with van der Waals surface area (Å²) in [6.45, 7) is 7.96. The number of nitrogens with zero attached hydrogens (tertiary/aromatic N) is 2. The molecule has 0 aromatic carbocycles. The van der Waals surface area contributed by atoms with Gasteiger partial charge in [-0.2, -0.15) is 0 Å². The van der Waals surface area contributed by atoms with Crippen molar-refractivity contribution < 1.29 is 0 Å². The number of hydrogen-bond acceptors (Lipinski definition) is 4. The van der Waals surface area contributed by atoms with E-state index < -0.39 is 0 Å². The van der Waals surface area contributed by atoms with E-state index in [-0.39, 0.29) is 24.0 Å². The maximum atomic E-state index is 4.55. The lowest BCUT2D eigenvalue weighted by Gasteiger charge is -2.10. The Balaban J connectivity index is 0.00000242. The Morgan fingerprint density at radius 1 is 1.18 bits per heavy atom. The maximum absolute atomic E-state index is 4.55. The van der Waals surface area contributed by atoms with Crippen molar-refractivity contribution in [2.24, 2.45) is 4.99 Å². The SMILES string of the molecule is CN=C(NCCc1nc(C)c(C)s1)NCc1ccc(C)s1.I. The molecule has 0 spiro atoms. The lowest BCUT2D eigenvalue weighted by molar-refractivity contribution is 0.795. The first-order chi connectivity index (χ1) is 10.1. The summed E-state index contributed by atoms with van der Waals surface area (Å²) >= 11 is 3.59. The van der Waals surface area contributed by atoms with Gasteiger partial charge in [0.25, 0.3) is 0 Å². The van der Waals surface area contributed by atoms with E-state index in [2.05, 4.69) is 53.5 Å². The molecule has 0 bridgehead atoms. The molecule has 0 radical (unpaired) electrons. The van der Waals surface area contributed by atoms with Crippen molar-refractivity contribution in [3.05, 3.63) is 37.5 Å². The van der Waals surface area contributed by atoms with Crippen molar-refractivity contribution in [2.45, 2.75) is 33.7 Å². The van der Waals surface area contributed by atoms with Crippen LogP contribution in [0.15, 0.2) is 17.1 Å². The van der Waals surface area contributed by atoms with Gasteiger partial charge in [0, 0.05) is 34.6 Å². The van der Waals surface area contributed by atoms with Gasteiger partial charge in [0.15, 0.2) is 5.96 Å². The summed E-state index contributed by atoms with van der Waals surface area (Å²) in [5.41, 5.74) is 1.14. The molecule has 22 heavy (non-hydrogen) atoms. The highest BCUT2D eigenvalue weighted by atomic mass is 127. The highest BCUT2D eigenvalue weighted by Crippen LogP contribution is 2.16. The molecule has 0 fully saturated rings. The molecule has 2 heterocycles. The van der Waals surface area contributed by atoms with Crippen LogP contribution in [0.5, 0.6) is 0 Å². The van der Waals surface area contributed by atoms with Crippen molar-refractivity contribution in [1.82, 2.24) is 15.6 Å². The molecule has 2 rings (SSSR count). The number of aliphatic imine (C=N–C) groups is 1. The minimum Gasteiger partial charge on any atom is -0.356 e. The van der Waals surface area contributed by atoms with Gasteiger partial charge in [0.05, 0.1) is 17.2 Å². The third-order valence-corrected chi connectivity index (χ3v) is 5.29. The van der Waals surface area contributed by atoms with E-state index in [1.54, 1.807) is 18.4 Å². The number of halogens is 1. The monoisotopic (exact) mass is 450 g/mol. The topological polar surface area (TPSA) is 49.3 Å². The molecule has 7 heteroatoms. The number of aryl methyl sites for hydroxylation is 3. The van der Waals surface area contributed by atoms with E-state index in [1.807, 2.05) is 11.3 Å². The van der Waals surface area contributed by atoms with Gasteiger partial charge in [-0.1, -0.05) is 0 Å². The largest absolute Gasteiger partial charge is 0.356 e. The Kier molecular flexibility index (Phi) is 8.34. The van der Waals surface area contributed by atoms with Crippen LogP contribution in [0.1, 0.15) is 25.3 Å². The van der Waals surface area contributed by atoms with Crippen molar-refractivity contribution in [3.8, 4) is 0 Å². The Labute approximate surface area is 157 Å². The third-order valence-electron chi connectivity index (χ3n) is 3.15. The van der Waals surface area contributed by atoms with Gasteiger partial charge < -0.3 is 10.6 Å². The lowest BCUT2D eigenvalue weighted by Crippen LogP contribution is -2.37. The van der Waals surface area contributed by atoms with Crippen molar-refractivity contribution in [2.75, 3.05) is 13.6 Å². The van der Waals surface area contributed by atoms with Crippen LogP contribution in [0, 0.1) is 20.8 Å². The average molecular weight is 450 g/mol. The highest BCUT2D eigenvalue weighted by Gasteiger charge is 2.04. The van der Waals surface area contributed by atoms with Crippen LogP contribution in [0.3, 0.4) is 0 Å². The minimum atomic E-state index is 0. The highest BCUT2D eigenvalue weighted by molar-refractivity contribution is 14.0. The molecular weight excluding hydrogens is 427 g/mol. The van der Waals surface area contributed by atoms with E-state index in [4.69, 9.17) is 0 Å². The standard InChI is InChI=1S/C15H22N4S2.HI/c1-10-5-6-13(20-10)9-18-15(16-4)17-8-7-14-19-11(2)12(3)21-14;/h5-6H,7-9H2,1-4H3,(H2,16,17,18);1H. The van der Waals surface area contributed by atoms with Crippen LogP contribution in [0.4, 0.5) is 0 Å². The quantitative estimate of drug-likeness (QED) is 0.416. The summed E-state index contributed by atoms with van der Waals surface area (Å²) in [6.07, 6.45) is 0.929. The second kappa shape index (κ2) is 9.46. The maximum Gasteiger partial charge on any atom is 0.191 e. The second-order valence-corrected chi connectivity index (χ2v) is 7.52. The molecule has 0 atom stereocenters. The lowest BCUT2D eigenvalue weighted by atomic mass is 10.4. The second-order valence-electron chi connectivity index (χ2n) is 4.86. The van der Waals surface area contributed by atoms with Crippen LogP contribution in [0.2, 0.25) is 0 Å². The van der Waals surface area contributed by atoms with Gasteiger partial charge in [0.1, 0.15) is 0 Å². The molecular formula is C15H23IN4S2. The van der Waals surface area contributed by atoms with Gasteiger partial charge in [-0.15, -0.1) is 46.7 Å². The Bertz CT molecular complexity index is 599. The van der Waals surface area contributed by atoms with Crippen molar-refractivity contribution in [1.29, 1.82) is 0 Å². The van der Waals surface area contributed by atoms with E-state index in [0.717, 1.165) is 31.2 Å². The first-order valence-corrected chi connectivity index (χ1v) is 8.64. The Morgan fingerprint density at radius 3 is 2.50 bits per heavy atom. The van der Waals surface area contributed by atoms with Gasteiger partial charge >= 0.3 is 0 Å². The van der Waals surface area contributed by atoms with E-state index in [1.165, 1.54) is 19.6 Å². The van der Waals surface area contributed by atoms with E-state index in [9.17, 15) is 0 Å². The molecule has 0 saturated carbocycles. The smallest absolute Gasteiger partial charge is 0.191 e. The Morgan fingerprint density at radius 2 is 1.95 bits per heavy atom. The predicted octanol–water partition coefficient (Wildman–Crippen LogP) is 3.66.